The summed E-state index contributed by atoms with van der Waals surface area (Å²) in [5, 5.41) is 0. The highest BCUT2D eigenvalue weighted by atomic mass is 19.1. The minimum atomic E-state index is -0.741. The lowest BCUT2D eigenvalue weighted by molar-refractivity contribution is -0.171. The Morgan fingerprint density at radius 2 is 1.84 bits per heavy atom. The van der Waals surface area contributed by atoms with Crippen molar-refractivity contribution >= 4 is 5.97 Å². The van der Waals surface area contributed by atoms with E-state index in [9.17, 15) is 9.18 Å². The number of halogens is 1. The van der Waals surface area contributed by atoms with Crippen LogP contribution in [-0.2, 0) is 9.53 Å². The maximum atomic E-state index is 14.2. The molecule has 0 amide bonds. The quantitative estimate of drug-likeness (QED) is 0.623. The number of alkyl halides is 1. The molecule has 3 heteroatoms. The van der Waals surface area contributed by atoms with Crippen LogP contribution in [0.25, 0.3) is 0 Å². The van der Waals surface area contributed by atoms with E-state index in [0.29, 0.717) is 25.2 Å². The Labute approximate surface area is 115 Å². The summed E-state index contributed by atoms with van der Waals surface area (Å²) in [7, 11) is 0. The van der Waals surface area contributed by atoms with Gasteiger partial charge in [-0.15, -0.1) is 0 Å². The van der Waals surface area contributed by atoms with Crippen LogP contribution in [0.15, 0.2) is 0 Å². The Bertz CT molecular complexity index is 419. The minimum Gasteiger partial charge on any atom is -0.459 e. The summed E-state index contributed by atoms with van der Waals surface area (Å²) in [6.07, 6.45) is 2.98. The van der Waals surface area contributed by atoms with E-state index in [1.807, 2.05) is 0 Å². The molecule has 2 unspecified atom stereocenters. The summed E-state index contributed by atoms with van der Waals surface area (Å²) in [6.45, 7) is 8.65. The van der Waals surface area contributed by atoms with E-state index in [-0.39, 0.29) is 28.3 Å². The predicted octanol–water partition coefficient (Wildman–Crippen LogP) is 3.88. The Hall–Kier alpha value is -0.600. The molecule has 1 aliphatic heterocycles. The molecule has 0 aromatic heterocycles. The summed E-state index contributed by atoms with van der Waals surface area (Å²) in [4.78, 5) is 11.8. The number of carbonyl (C=O) groups is 1. The zero-order valence-electron chi connectivity index (χ0n) is 12.5. The highest BCUT2D eigenvalue weighted by Crippen LogP contribution is 2.65. The predicted molar refractivity (Wildman–Crippen MR) is 71.3 cm³/mol. The molecule has 1 heterocycles. The van der Waals surface area contributed by atoms with Crippen LogP contribution in [0.1, 0.15) is 59.8 Å². The maximum Gasteiger partial charge on any atom is 0.306 e. The molecule has 0 N–H and O–H groups in total. The Morgan fingerprint density at radius 3 is 2.53 bits per heavy atom. The van der Waals surface area contributed by atoms with E-state index in [4.69, 9.17) is 4.74 Å². The van der Waals surface area contributed by atoms with Gasteiger partial charge in [0.25, 0.3) is 0 Å². The molecule has 5 atom stereocenters. The van der Waals surface area contributed by atoms with Gasteiger partial charge in [0.1, 0.15) is 11.8 Å². The van der Waals surface area contributed by atoms with Crippen molar-refractivity contribution in [3.63, 3.8) is 0 Å². The van der Waals surface area contributed by atoms with Gasteiger partial charge in [-0.2, -0.15) is 0 Å². The average molecular weight is 268 g/mol. The molecule has 3 fully saturated rings. The molecule has 1 saturated heterocycles. The lowest BCUT2D eigenvalue weighted by Gasteiger charge is -2.60. The third-order valence-corrected chi connectivity index (χ3v) is 6.33. The molecule has 0 aromatic rings. The van der Waals surface area contributed by atoms with Crippen molar-refractivity contribution in [2.45, 2.75) is 71.6 Å². The number of hydrogen-bond donors (Lipinski definition) is 0. The third-order valence-electron chi connectivity index (χ3n) is 6.33. The van der Waals surface area contributed by atoms with Crippen LogP contribution in [0.4, 0.5) is 4.39 Å². The largest absolute Gasteiger partial charge is 0.459 e. The third kappa shape index (κ3) is 1.76. The van der Waals surface area contributed by atoms with Crippen LogP contribution < -0.4 is 0 Å². The number of fused-ring (bicyclic) bond motifs is 3. The molecule has 2 saturated carbocycles. The second-order valence-electron chi connectivity index (χ2n) is 8.13. The van der Waals surface area contributed by atoms with E-state index < -0.39 is 6.17 Å². The first-order valence-electron chi connectivity index (χ1n) is 7.53. The van der Waals surface area contributed by atoms with Crippen LogP contribution in [0.5, 0.6) is 0 Å². The van der Waals surface area contributed by atoms with E-state index in [2.05, 4.69) is 27.7 Å². The van der Waals surface area contributed by atoms with Gasteiger partial charge in [0.15, 0.2) is 0 Å². The zero-order chi connectivity index (χ0) is 14.1. The molecule has 0 bridgehead atoms. The van der Waals surface area contributed by atoms with Gasteiger partial charge in [-0.05, 0) is 49.4 Å². The first-order valence-corrected chi connectivity index (χ1v) is 7.53. The SMILES string of the molecule is CC1(C)CC(F)C[C@@]2(C)C1CC[C@@]1(C)OC(=O)C[C@@H]12. The molecule has 2 aliphatic carbocycles. The molecule has 0 radical (unpaired) electrons. The number of carbonyl (C=O) groups excluding carboxylic acids is 1. The second kappa shape index (κ2) is 3.73. The standard InChI is InChI=1S/C16H25FO2/c1-14(2)8-10(17)9-15(3)11(14)5-6-16(4)12(15)7-13(18)19-16/h10-12H,5-9H2,1-4H3/t10?,11?,12-,15+,16-/m1/s1. The summed E-state index contributed by atoms with van der Waals surface area (Å²) < 4.78 is 19.9. The van der Waals surface area contributed by atoms with Crippen LogP contribution in [0.2, 0.25) is 0 Å². The van der Waals surface area contributed by atoms with Crippen molar-refractivity contribution in [3.05, 3.63) is 0 Å². The Morgan fingerprint density at radius 1 is 1.16 bits per heavy atom. The van der Waals surface area contributed by atoms with Gasteiger partial charge in [-0.3, -0.25) is 4.79 Å². The van der Waals surface area contributed by atoms with Gasteiger partial charge < -0.3 is 4.74 Å². The molecular formula is C16H25FO2. The van der Waals surface area contributed by atoms with Gasteiger partial charge in [-0.1, -0.05) is 20.8 Å². The summed E-state index contributed by atoms with van der Waals surface area (Å²) in [6, 6.07) is 0. The van der Waals surface area contributed by atoms with E-state index >= 15 is 0 Å². The number of hydrogen-bond acceptors (Lipinski definition) is 2. The summed E-state index contributed by atoms with van der Waals surface area (Å²) in [5.74, 6) is 0.594. The van der Waals surface area contributed by atoms with Gasteiger partial charge in [0.2, 0.25) is 0 Å². The minimum absolute atomic E-state index is 0.0272. The van der Waals surface area contributed by atoms with Crippen LogP contribution >= 0.6 is 0 Å². The van der Waals surface area contributed by atoms with Gasteiger partial charge in [0, 0.05) is 5.92 Å². The number of rotatable bonds is 0. The lowest BCUT2D eigenvalue weighted by atomic mass is 9.45. The topological polar surface area (TPSA) is 26.3 Å². The van der Waals surface area contributed by atoms with E-state index in [1.165, 1.54) is 0 Å². The second-order valence-corrected chi connectivity index (χ2v) is 8.13. The average Bonchev–Trinajstić information content (AvgIpc) is 2.51. The van der Waals surface area contributed by atoms with Gasteiger partial charge in [-0.25, -0.2) is 4.39 Å². The molecule has 2 nitrogen and oxygen atoms in total. The first-order chi connectivity index (χ1) is 8.67. The number of esters is 1. The highest BCUT2D eigenvalue weighted by molar-refractivity contribution is 5.73. The Kier molecular flexibility index (Phi) is 2.63. The van der Waals surface area contributed by atoms with Crippen LogP contribution in [-0.4, -0.2) is 17.7 Å². The smallest absolute Gasteiger partial charge is 0.306 e. The normalized spacial score (nSPS) is 52.3. The highest BCUT2D eigenvalue weighted by Gasteiger charge is 2.64. The fourth-order valence-corrected chi connectivity index (χ4v) is 5.75. The molecule has 3 rings (SSSR count). The van der Waals surface area contributed by atoms with Crippen LogP contribution in [0, 0.1) is 22.7 Å². The molecule has 19 heavy (non-hydrogen) atoms. The first kappa shape index (κ1) is 13.4. The van der Waals surface area contributed by atoms with Crippen molar-refractivity contribution < 1.29 is 13.9 Å². The molecule has 0 spiro atoms. The van der Waals surface area contributed by atoms with Crippen LogP contribution in [0.3, 0.4) is 0 Å². The van der Waals surface area contributed by atoms with Gasteiger partial charge in [0.05, 0.1) is 6.42 Å². The summed E-state index contributed by atoms with van der Waals surface area (Å²) >= 11 is 0. The van der Waals surface area contributed by atoms with E-state index in [0.717, 1.165) is 12.8 Å². The monoisotopic (exact) mass is 268 g/mol. The van der Waals surface area contributed by atoms with Crippen molar-refractivity contribution in [1.82, 2.24) is 0 Å². The molecule has 0 aromatic carbocycles. The fourth-order valence-electron chi connectivity index (χ4n) is 5.75. The Balaban J connectivity index is 2.02. The van der Waals surface area contributed by atoms with Crippen molar-refractivity contribution in [3.8, 4) is 0 Å². The molecule has 108 valence electrons. The molecular weight excluding hydrogens is 243 g/mol. The lowest BCUT2D eigenvalue weighted by Crippen LogP contribution is -2.57. The summed E-state index contributed by atoms with van der Waals surface area (Å²) in [5.41, 5.74) is -0.421. The van der Waals surface area contributed by atoms with Crippen molar-refractivity contribution in [2.75, 3.05) is 0 Å². The van der Waals surface area contributed by atoms with Crippen molar-refractivity contribution in [1.29, 1.82) is 0 Å². The number of ether oxygens (including phenoxy) is 1. The zero-order valence-corrected chi connectivity index (χ0v) is 12.5. The fraction of sp³-hybridized carbons (Fsp3) is 0.938. The van der Waals surface area contributed by atoms with Gasteiger partial charge >= 0.3 is 5.97 Å². The molecule has 3 aliphatic rings. The maximum absolute atomic E-state index is 14.2. The van der Waals surface area contributed by atoms with E-state index in [1.54, 1.807) is 0 Å². The van der Waals surface area contributed by atoms with Crippen molar-refractivity contribution in [2.24, 2.45) is 22.7 Å².